The summed E-state index contributed by atoms with van der Waals surface area (Å²) in [5, 5.41) is 3.10. The lowest BCUT2D eigenvalue weighted by Gasteiger charge is -2.09. The minimum absolute atomic E-state index is 0.0631. The molecule has 0 spiro atoms. The van der Waals surface area contributed by atoms with Crippen LogP contribution >= 0.6 is 15.9 Å². The summed E-state index contributed by atoms with van der Waals surface area (Å²) in [4.78, 5) is 0. The van der Waals surface area contributed by atoms with Gasteiger partial charge in [-0.1, -0.05) is 22.9 Å². The first-order valence-electron chi connectivity index (χ1n) is 6.21. The minimum Gasteiger partial charge on any atom is -0.454 e. The largest absolute Gasteiger partial charge is 0.454 e. The van der Waals surface area contributed by atoms with E-state index >= 15 is 0 Å². The van der Waals surface area contributed by atoms with Crippen molar-refractivity contribution in [2.24, 2.45) is 0 Å². The fourth-order valence-electron chi connectivity index (χ4n) is 1.74. The number of ether oxygens (including phenoxy) is 1. The smallest absolute Gasteiger partial charge is 0.166 e. The molecule has 0 bridgehead atoms. The van der Waals surface area contributed by atoms with E-state index in [4.69, 9.17) is 4.74 Å². The quantitative estimate of drug-likeness (QED) is 0.856. The first-order chi connectivity index (χ1) is 9.58. The molecular formula is C15H14BrF2NO. The lowest BCUT2D eigenvalue weighted by atomic mass is 10.2. The van der Waals surface area contributed by atoms with Crippen molar-refractivity contribution in [3.05, 3.63) is 58.1 Å². The lowest BCUT2D eigenvalue weighted by Crippen LogP contribution is -2.11. The van der Waals surface area contributed by atoms with Gasteiger partial charge in [0.25, 0.3) is 0 Å². The van der Waals surface area contributed by atoms with Crippen molar-refractivity contribution < 1.29 is 13.5 Å². The maximum atomic E-state index is 13.7. The van der Waals surface area contributed by atoms with Gasteiger partial charge in [0.05, 0.1) is 0 Å². The first-order valence-corrected chi connectivity index (χ1v) is 7.01. The molecule has 0 fully saturated rings. The van der Waals surface area contributed by atoms with E-state index in [1.807, 2.05) is 6.92 Å². The van der Waals surface area contributed by atoms with Crippen LogP contribution in [0.15, 0.2) is 40.9 Å². The van der Waals surface area contributed by atoms with Gasteiger partial charge in [-0.3, -0.25) is 0 Å². The average molecular weight is 342 g/mol. The van der Waals surface area contributed by atoms with Crippen molar-refractivity contribution in [2.45, 2.75) is 13.5 Å². The number of hydrogen-bond acceptors (Lipinski definition) is 2. The molecule has 0 heterocycles. The third-order valence-corrected chi connectivity index (χ3v) is 3.13. The molecular weight excluding hydrogens is 328 g/mol. The topological polar surface area (TPSA) is 21.3 Å². The summed E-state index contributed by atoms with van der Waals surface area (Å²) in [6.07, 6.45) is 0. The van der Waals surface area contributed by atoms with E-state index in [-0.39, 0.29) is 11.5 Å². The maximum absolute atomic E-state index is 13.7. The average Bonchev–Trinajstić information content (AvgIpc) is 2.39. The van der Waals surface area contributed by atoms with Crippen LogP contribution in [0.3, 0.4) is 0 Å². The molecule has 2 aromatic carbocycles. The molecule has 0 radical (unpaired) electrons. The summed E-state index contributed by atoms with van der Waals surface area (Å²) >= 11 is 3.17. The van der Waals surface area contributed by atoms with Crippen LogP contribution in [-0.4, -0.2) is 6.54 Å². The van der Waals surface area contributed by atoms with Gasteiger partial charge in [-0.15, -0.1) is 0 Å². The first kappa shape index (κ1) is 14.9. The number of benzene rings is 2. The Bertz CT molecular complexity index is 604. The van der Waals surface area contributed by atoms with E-state index in [1.54, 1.807) is 12.1 Å². The molecule has 0 saturated carbocycles. The van der Waals surface area contributed by atoms with Crippen LogP contribution in [0.25, 0.3) is 0 Å². The number of halogens is 3. The van der Waals surface area contributed by atoms with Crippen molar-refractivity contribution in [3.63, 3.8) is 0 Å². The summed E-state index contributed by atoms with van der Waals surface area (Å²) < 4.78 is 33.2. The molecule has 20 heavy (non-hydrogen) atoms. The fraction of sp³-hybridized carbons (Fsp3) is 0.200. The molecule has 5 heteroatoms. The molecule has 0 aromatic heterocycles. The predicted molar refractivity (Wildman–Crippen MR) is 78.0 cm³/mol. The molecule has 2 aromatic rings. The van der Waals surface area contributed by atoms with E-state index in [0.717, 1.165) is 12.1 Å². The molecule has 106 valence electrons. The number of hydrogen-bond donors (Lipinski definition) is 1. The Kier molecular flexibility index (Phi) is 5.09. The van der Waals surface area contributed by atoms with Gasteiger partial charge in [0.2, 0.25) is 0 Å². The monoisotopic (exact) mass is 341 g/mol. The SMILES string of the molecule is CCNCc1cc(F)cc(Oc2ccc(Br)cc2F)c1. The van der Waals surface area contributed by atoms with Crippen molar-refractivity contribution in [1.82, 2.24) is 5.32 Å². The predicted octanol–water partition coefficient (Wildman–Crippen LogP) is 4.63. The molecule has 2 nitrogen and oxygen atoms in total. The number of nitrogens with one attached hydrogen (secondary N) is 1. The molecule has 0 atom stereocenters. The van der Waals surface area contributed by atoms with Gasteiger partial charge < -0.3 is 10.1 Å². The van der Waals surface area contributed by atoms with Crippen LogP contribution in [0, 0.1) is 11.6 Å². The third-order valence-electron chi connectivity index (χ3n) is 2.63. The van der Waals surface area contributed by atoms with Crippen molar-refractivity contribution in [1.29, 1.82) is 0 Å². The minimum atomic E-state index is -0.503. The molecule has 1 N–H and O–H groups in total. The van der Waals surface area contributed by atoms with Crippen LogP contribution in [0.4, 0.5) is 8.78 Å². The standard InChI is InChI=1S/C15H14BrF2NO/c1-2-19-9-10-5-12(17)8-13(6-10)20-15-4-3-11(16)7-14(15)18/h3-8,19H,2,9H2,1H3. The zero-order valence-corrected chi connectivity index (χ0v) is 12.5. The molecule has 0 amide bonds. The lowest BCUT2D eigenvalue weighted by molar-refractivity contribution is 0.437. The highest BCUT2D eigenvalue weighted by atomic mass is 79.9. The van der Waals surface area contributed by atoms with E-state index in [1.165, 1.54) is 24.3 Å². The second kappa shape index (κ2) is 6.81. The zero-order chi connectivity index (χ0) is 14.5. The van der Waals surface area contributed by atoms with Gasteiger partial charge in [-0.05, 0) is 42.4 Å². The van der Waals surface area contributed by atoms with Crippen LogP contribution < -0.4 is 10.1 Å². The van der Waals surface area contributed by atoms with Crippen LogP contribution in [0.1, 0.15) is 12.5 Å². The normalized spacial score (nSPS) is 10.6. The Morgan fingerprint density at radius 3 is 2.65 bits per heavy atom. The van der Waals surface area contributed by atoms with Gasteiger partial charge in [-0.2, -0.15) is 0 Å². The van der Waals surface area contributed by atoms with E-state index in [0.29, 0.717) is 11.0 Å². The summed E-state index contributed by atoms with van der Waals surface area (Å²) in [5.41, 5.74) is 0.749. The third kappa shape index (κ3) is 4.02. The highest BCUT2D eigenvalue weighted by Gasteiger charge is 2.07. The summed E-state index contributed by atoms with van der Waals surface area (Å²) in [7, 11) is 0. The highest BCUT2D eigenvalue weighted by molar-refractivity contribution is 9.10. The highest BCUT2D eigenvalue weighted by Crippen LogP contribution is 2.28. The summed E-state index contributed by atoms with van der Waals surface area (Å²) in [5.74, 6) is -0.572. The van der Waals surface area contributed by atoms with E-state index in [2.05, 4.69) is 21.2 Å². The van der Waals surface area contributed by atoms with Gasteiger partial charge in [0.1, 0.15) is 11.6 Å². The Hall–Kier alpha value is -1.46. The van der Waals surface area contributed by atoms with Gasteiger partial charge in [-0.25, -0.2) is 8.78 Å². The summed E-state index contributed by atoms with van der Waals surface area (Å²) in [6, 6.07) is 8.80. The zero-order valence-electron chi connectivity index (χ0n) is 10.9. The van der Waals surface area contributed by atoms with Gasteiger partial charge >= 0.3 is 0 Å². The van der Waals surface area contributed by atoms with Crippen LogP contribution in [0.2, 0.25) is 0 Å². The molecule has 0 saturated heterocycles. The van der Waals surface area contributed by atoms with Crippen LogP contribution in [-0.2, 0) is 6.54 Å². The van der Waals surface area contributed by atoms with Gasteiger partial charge in [0, 0.05) is 17.1 Å². The second-order valence-electron chi connectivity index (χ2n) is 4.25. The molecule has 0 aliphatic rings. The number of rotatable bonds is 5. The van der Waals surface area contributed by atoms with Crippen LogP contribution in [0.5, 0.6) is 11.5 Å². The fourth-order valence-corrected chi connectivity index (χ4v) is 2.07. The molecule has 0 unspecified atom stereocenters. The Morgan fingerprint density at radius 2 is 1.95 bits per heavy atom. The molecule has 0 aliphatic carbocycles. The van der Waals surface area contributed by atoms with Gasteiger partial charge in [0.15, 0.2) is 11.6 Å². The van der Waals surface area contributed by atoms with Crippen molar-refractivity contribution in [3.8, 4) is 11.5 Å². The van der Waals surface area contributed by atoms with Crippen molar-refractivity contribution >= 4 is 15.9 Å². The summed E-state index contributed by atoms with van der Waals surface area (Å²) in [6.45, 7) is 3.29. The second-order valence-corrected chi connectivity index (χ2v) is 5.17. The Labute approximate surface area is 124 Å². The van der Waals surface area contributed by atoms with Crippen molar-refractivity contribution in [2.75, 3.05) is 6.54 Å². The van der Waals surface area contributed by atoms with E-state index < -0.39 is 11.6 Å². The molecule has 2 rings (SSSR count). The maximum Gasteiger partial charge on any atom is 0.166 e. The Balaban J connectivity index is 2.21. The van der Waals surface area contributed by atoms with E-state index in [9.17, 15) is 8.78 Å². The molecule has 0 aliphatic heterocycles. The Morgan fingerprint density at radius 1 is 1.15 bits per heavy atom.